The van der Waals surface area contributed by atoms with Gasteiger partial charge >= 0.3 is 0 Å². The van der Waals surface area contributed by atoms with Gasteiger partial charge in [-0.15, -0.1) is 0 Å². The quantitative estimate of drug-likeness (QED) is 0.169. The zero-order chi connectivity index (χ0) is 40.5. The first kappa shape index (κ1) is 36.0. The van der Waals surface area contributed by atoms with Gasteiger partial charge in [0, 0.05) is 44.1 Å². The van der Waals surface area contributed by atoms with Gasteiger partial charge in [-0.2, -0.15) is 0 Å². The smallest absolute Gasteiger partial charge is 0.164 e. The Labute approximate surface area is 350 Å². The number of hydrogen-bond donors (Lipinski definition) is 0. The number of hydrogen-bond acceptors (Lipinski definition) is 3. The third kappa shape index (κ3) is 5.95. The van der Waals surface area contributed by atoms with Crippen molar-refractivity contribution in [1.82, 2.24) is 24.1 Å². The van der Waals surface area contributed by atoms with Gasteiger partial charge in [-0.1, -0.05) is 142 Å². The molecule has 290 valence electrons. The van der Waals surface area contributed by atoms with Crippen LogP contribution in [0.4, 0.5) is 0 Å². The molecule has 0 bridgehead atoms. The average Bonchev–Trinajstić information content (AvgIpc) is 3.81. The van der Waals surface area contributed by atoms with Crippen LogP contribution in [0.25, 0.3) is 88.6 Å². The van der Waals surface area contributed by atoms with Gasteiger partial charge in [0.15, 0.2) is 17.5 Å². The van der Waals surface area contributed by atoms with Gasteiger partial charge in [0.25, 0.3) is 0 Å². The minimum absolute atomic E-state index is 0.394. The molecule has 3 unspecified atom stereocenters. The van der Waals surface area contributed by atoms with E-state index in [0.717, 1.165) is 68.3 Å². The summed E-state index contributed by atoms with van der Waals surface area (Å²) in [5.41, 5.74) is 13.8. The van der Waals surface area contributed by atoms with E-state index in [1.165, 1.54) is 38.2 Å². The van der Waals surface area contributed by atoms with Gasteiger partial charge < -0.3 is 9.13 Å². The highest BCUT2D eigenvalue weighted by Gasteiger charge is 2.23. The summed E-state index contributed by atoms with van der Waals surface area (Å²) in [5, 5.41) is 4.91. The monoisotopic (exact) mass is 775 g/mol. The number of rotatable bonds is 6. The number of fused-ring (bicyclic) bond motifs is 6. The molecule has 60 heavy (non-hydrogen) atoms. The lowest BCUT2D eigenvalue weighted by atomic mass is 9.88. The van der Waals surface area contributed by atoms with E-state index in [1.807, 2.05) is 0 Å². The van der Waals surface area contributed by atoms with Gasteiger partial charge in [0.2, 0.25) is 0 Å². The molecule has 0 saturated heterocycles. The van der Waals surface area contributed by atoms with Crippen LogP contribution in [0.1, 0.15) is 45.8 Å². The van der Waals surface area contributed by atoms with Crippen molar-refractivity contribution in [2.45, 2.75) is 34.1 Å². The molecule has 9 aromatic rings. The summed E-state index contributed by atoms with van der Waals surface area (Å²) >= 11 is 0. The fraction of sp³-hybridized carbons (Fsp3) is 0.145. The molecule has 3 atom stereocenters. The van der Waals surface area contributed by atoms with E-state index in [-0.39, 0.29) is 0 Å². The summed E-state index contributed by atoms with van der Waals surface area (Å²) in [6.07, 6.45) is 12.1. The highest BCUT2D eigenvalue weighted by molar-refractivity contribution is 6.17. The van der Waals surface area contributed by atoms with Gasteiger partial charge in [0.1, 0.15) is 0 Å². The first-order valence-electron chi connectivity index (χ1n) is 21.2. The third-order valence-electron chi connectivity index (χ3n) is 12.9. The van der Waals surface area contributed by atoms with Crippen LogP contribution < -0.4 is 0 Å². The number of benzene rings is 6. The van der Waals surface area contributed by atoms with Crippen LogP contribution in [0.15, 0.2) is 175 Å². The second kappa shape index (κ2) is 14.3. The van der Waals surface area contributed by atoms with Crippen LogP contribution in [0.2, 0.25) is 0 Å². The van der Waals surface area contributed by atoms with E-state index < -0.39 is 0 Å². The van der Waals surface area contributed by atoms with E-state index in [4.69, 9.17) is 15.0 Å². The largest absolute Gasteiger partial charge is 0.309 e. The van der Waals surface area contributed by atoms with E-state index in [9.17, 15) is 0 Å². The first-order valence-corrected chi connectivity index (χ1v) is 21.2. The van der Waals surface area contributed by atoms with Crippen LogP contribution >= 0.6 is 0 Å². The van der Waals surface area contributed by atoms with Crippen molar-refractivity contribution in [3.05, 3.63) is 187 Å². The Balaban J connectivity index is 1.12. The Kier molecular flexibility index (Phi) is 8.59. The number of para-hydroxylation sites is 3. The maximum atomic E-state index is 5.22. The molecule has 3 heterocycles. The molecular weight excluding hydrogens is 731 g/mol. The molecule has 2 aliphatic carbocycles. The molecular formula is C55H45N5. The Hall–Kier alpha value is -7.11. The summed E-state index contributed by atoms with van der Waals surface area (Å²) in [5.74, 6) is 3.45. The van der Waals surface area contributed by atoms with Gasteiger partial charge in [-0.3, -0.25) is 0 Å². The van der Waals surface area contributed by atoms with E-state index in [0.29, 0.717) is 23.6 Å². The molecule has 0 spiro atoms. The highest BCUT2D eigenvalue weighted by Crippen LogP contribution is 2.42. The highest BCUT2D eigenvalue weighted by atomic mass is 15.0. The second-order valence-corrected chi connectivity index (χ2v) is 16.7. The lowest BCUT2D eigenvalue weighted by molar-refractivity contribution is 0.554. The molecule has 0 radical (unpaired) electrons. The van der Waals surface area contributed by atoms with Crippen LogP contribution in [-0.2, 0) is 0 Å². The number of aromatic nitrogens is 5. The summed E-state index contributed by atoms with van der Waals surface area (Å²) < 4.78 is 4.81. The molecule has 5 heteroatoms. The van der Waals surface area contributed by atoms with Gasteiger partial charge in [0.05, 0.1) is 22.1 Å². The average molecular weight is 776 g/mol. The first-order chi connectivity index (χ1) is 29.4. The van der Waals surface area contributed by atoms with Gasteiger partial charge in [-0.25, -0.2) is 15.0 Å². The standard InChI is InChI=1S/C55H45N5/c1-34-24-26-40(30-36(34)3)54-56-53(57-55(58-54)41-27-25-35(2)37(4)31-41)39-15-12-14-38(32-39)44-20-13-23-51-52(44)47-33-43(28-29-50(47)59(51)42-16-6-5-7-17-42)60-48-21-10-8-18-45(48)46-19-9-11-22-49(46)60/h5-30,32-34,36-37H,31H2,1-4H3. The van der Waals surface area contributed by atoms with Crippen molar-refractivity contribution in [3.63, 3.8) is 0 Å². The van der Waals surface area contributed by atoms with Crippen LogP contribution in [-0.4, -0.2) is 24.1 Å². The number of nitrogens with zero attached hydrogens (tertiary/aromatic N) is 5. The zero-order valence-corrected chi connectivity index (χ0v) is 34.3. The van der Waals surface area contributed by atoms with Gasteiger partial charge in [-0.05, 0) is 102 Å². The molecule has 5 nitrogen and oxygen atoms in total. The normalized spacial score (nSPS) is 18.0. The predicted octanol–water partition coefficient (Wildman–Crippen LogP) is 14.0. The summed E-state index contributed by atoms with van der Waals surface area (Å²) in [4.78, 5) is 15.6. The van der Waals surface area contributed by atoms with E-state index in [1.54, 1.807) is 0 Å². The number of allylic oxidation sites excluding steroid dienone is 8. The molecule has 0 amide bonds. The maximum Gasteiger partial charge on any atom is 0.164 e. The SMILES string of the molecule is CC1=CC=C(c2nc(C3=CC(C)C(C)C=C3)nc(-c3cccc(-c4cccc5c4c4cc(-n6c7ccccc7c7ccccc76)ccc4n5-c4ccccc4)c3)n2)CC1C. The molecule has 0 aliphatic heterocycles. The molecule has 11 rings (SSSR count). The fourth-order valence-corrected chi connectivity index (χ4v) is 9.29. The van der Waals surface area contributed by atoms with Crippen LogP contribution in [0, 0.1) is 17.8 Å². The molecule has 2 aliphatic rings. The Morgan fingerprint density at radius 3 is 1.93 bits per heavy atom. The minimum atomic E-state index is 0.394. The van der Waals surface area contributed by atoms with Crippen molar-refractivity contribution in [3.8, 4) is 33.9 Å². The molecule has 0 fully saturated rings. The van der Waals surface area contributed by atoms with Crippen molar-refractivity contribution in [2.24, 2.45) is 17.8 Å². The van der Waals surface area contributed by atoms with E-state index >= 15 is 0 Å². The fourth-order valence-electron chi connectivity index (χ4n) is 9.29. The lowest BCUT2D eigenvalue weighted by Gasteiger charge is -2.21. The summed E-state index contributed by atoms with van der Waals surface area (Å²) in [6, 6.07) is 50.6. The summed E-state index contributed by atoms with van der Waals surface area (Å²) in [7, 11) is 0. The van der Waals surface area contributed by atoms with Crippen molar-refractivity contribution in [1.29, 1.82) is 0 Å². The lowest BCUT2D eigenvalue weighted by Crippen LogP contribution is -2.11. The van der Waals surface area contributed by atoms with Crippen molar-refractivity contribution in [2.75, 3.05) is 0 Å². The van der Waals surface area contributed by atoms with Crippen LogP contribution in [0.5, 0.6) is 0 Å². The Morgan fingerprint density at radius 1 is 0.517 bits per heavy atom. The third-order valence-corrected chi connectivity index (χ3v) is 12.9. The zero-order valence-electron chi connectivity index (χ0n) is 34.3. The molecule has 0 N–H and O–H groups in total. The second-order valence-electron chi connectivity index (χ2n) is 16.7. The Morgan fingerprint density at radius 2 is 1.17 bits per heavy atom. The van der Waals surface area contributed by atoms with Crippen molar-refractivity contribution >= 4 is 54.8 Å². The topological polar surface area (TPSA) is 48.5 Å². The predicted molar refractivity (Wildman–Crippen MR) is 250 cm³/mol. The minimum Gasteiger partial charge on any atom is -0.309 e. The molecule has 6 aromatic carbocycles. The maximum absolute atomic E-state index is 5.22. The Bertz CT molecular complexity index is 3250. The van der Waals surface area contributed by atoms with E-state index in [2.05, 4.69) is 207 Å². The summed E-state index contributed by atoms with van der Waals surface area (Å²) in [6.45, 7) is 9.01. The van der Waals surface area contributed by atoms with Crippen LogP contribution in [0.3, 0.4) is 0 Å². The molecule has 3 aromatic heterocycles. The van der Waals surface area contributed by atoms with Crippen molar-refractivity contribution < 1.29 is 0 Å². The molecule has 0 saturated carbocycles.